The molecule has 3 nitrogen and oxygen atoms in total. The van der Waals surface area contributed by atoms with Crippen molar-refractivity contribution in [2.75, 3.05) is 12.8 Å². The van der Waals surface area contributed by atoms with Crippen LogP contribution in [0, 0.1) is 5.92 Å². The molecule has 0 aliphatic carbocycles. The highest BCUT2D eigenvalue weighted by Crippen LogP contribution is 2.30. The lowest BCUT2D eigenvalue weighted by atomic mass is 9.76. The van der Waals surface area contributed by atoms with E-state index in [1.807, 2.05) is 27.7 Å². The van der Waals surface area contributed by atoms with Gasteiger partial charge in [-0.3, -0.25) is 0 Å². The van der Waals surface area contributed by atoms with Crippen LogP contribution in [0.25, 0.3) is 0 Å². The minimum atomic E-state index is -4.46. The molecule has 0 unspecified atom stereocenters. The van der Waals surface area contributed by atoms with E-state index in [-0.39, 0.29) is 17.1 Å². The zero-order valence-electron chi connectivity index (χ0n) is 12.9. The van der Waals surface area contributed by atoms with Gasteiger partial charge in [-0.15, -0.1) is 0 Å². The van der Waals surface area contributed by atoms with E-state index in [1.165, 1.54) is 13.2 Å². The van der Waals surface area contributed by atoms with Crippen molar-refractivity contribution in [1.82, 2.24) is 0 Å². The van der Waals surface area contributed by atoms with E-state index < -0.39 is 24.5 Å². The summed E-state index contributed by atoms with van der Waals surface area (Å²) in [6, 6.07) is 3.32. The molecule has 0 amide bonds. The van der Waals surface area contributed by atoms with Gasteiger partial charge in [-0.2, -0.15) is 13.2 Å². The molecule has 0 fully saturated rings. The molecule has 0 aromatic heterocycles. The molecule has 0 spiro atoms. The summed E-state index contributed by atoms with van der Waals surface area (Å²) < 4.78 is 49.5. The average Bonchev–Trinajstić information content (AvgIpc) is 2.33. The van der Waals surface area contributed by atoms with Crippen LogP contribution in [0.2, 0.25) is 0 Å². The Morgan fingerprint density at radius 1 is 1.14 bits per heavy atom. The van der Waals surface area contributed by atoms with Gasteiger partial charge in [0.1, 0.15) is 0 Å². The maximum absolute atomic E-state index is 12.8. The van der Waals surface area contributed by atoms with Crippen molar-refractivity contribution in [1.29, 1.82) is 0 Å². The first-order valence-electron chi connectivity index (χ1n) is 6.65. The second-order valence-corrected chi connectivity index (χ2v) is 5.83. The number of anilines is 1. The first-order chi connectivity index (χ1) is 9.47. The molecule has 0 saturated carbocycles. The van der Waals surface area contributed by atoms with Crippen molar-refractivity contribution in [2.24, 2.45) is 5.92 Å². The van der Waals surface area contributed by atoms with Crippen LogP contribution in [-0.4, -0.2) is 19.8 Å². The van der Waals surface area contributed by atoms with Crippen LogP contribution < -0.4 is 11.2 Å². The van der Waals surface area contributed by atoms with Crippen molar-refractivity contribution in [3.05, 3.63) is 23.8 Å². The maximum Gasteiger partial charge on any atom is 0.494 e. The molecule has 1 rings (SSSR count). The van der Waals surface area contributed by atoms with E-state index in [2.05, 4.69) is 0 Å². The summed E-state index contributed by atoms with van der Waals surface area (Å²) in [6.07, 6.45) is -4.46. The van der Waals surface area contributed by atoms with Crippen molar-refractivity contribution in [3.63, 3.8) is 0 Å². The Morgan fingerprint density at radius 2 is 1.71 bits per heavy atom. The van der Waals surface area contributed by atoms with Crippen LogP contribution in [0.5, 0.6) is 0 Å². The number of rotatable bonds is 5. The summed E-state index contributed by atoms with van der Waals surface area (Å²) in [7, 11) is 0.476. The average molecular weight is 303 g/mol. The number of alkyl halides is 3. The first-order valence-corrected chi connectivity index (χ1v) is 6.65. The van der Waals surface area contributed by atoms with Crippen LogP contribution in [-0.2, 0) is 15.5 Å². The third-order valence-electron chi connectivity index (χ3n) is 3.59. The lowest BCUT2D eigenvalue weighted by Gasteiger charge is -2.32. The number of nitrogens with two attached hydrogens (primary N) is 1. The molecule has 0 radical (unpaired) electrons. The van der Waals surface area contributed by atoms with Gasteiger partial charge in [0, 0.05) is 12.8 Å². The van der Waals surface area contributed by atoms with Gasteiger partial charge in [0.25, 0.3) is 0 Å². The van der Waals surface area contributed by atoms with E-state index in [4.69, 9.17) is 15.0 Å². The monoisotopic (exact) mass is 303 g/mol. The Balaban J connectivity index is 3.15. The molecule has 1 aromatic carbocycles. The van der Waals surface area contributed by atoms with Gasteiger partial charge in [0.05, 0.1) is 11.2 Å². The van der Waals surface area contributed by atoms with E-state index >= 15 is 0 Å². The summed E-state index contributed by atoms with van der Waals surface area (Å²) in [5, 5.41) is 0. The van der Waals surface area contributed by atoms with E-state index in [1.54, 1.807) is 0 Å². The van der Waals surface area contributed by atoms with E-state index in [0.29, 0.717) is 0 Å². The topological polar surface area (TPSA) is 44.5 Å². The number of hydrogen-bond acceptors (Lipinski definition) is 3. The molecule has 0 aliphatic rings. The van der Waals surface area contributed by atoms with Gasteiger partial charge in [-0.05, 0) is 37.4 Å². The van der Waals surface area contributed by atoms with Crippen LogP contribution in [0.15, 0.2) is 18.2 Å². The minimum absolute atomic E-state index is 0.0211. The number of nitrogen functional groups attached to an aromatic ring is 1. The van der Waals surface area contributed by atoms with E-state index in [0.717, 1.165) is 12.1 Å². The van der Waals surface area contributed by atoms with Crippen molar-refractivity contribution >= 4 is 18.3 Å². The lowest BCUT2D eigenvalue weighted by Crippen LogP contribution is -2.46. The summed E-state index contributed by atoms with van der Waals surface area (Å²) in [4.78, 5) is 0. The van der Waals surface area contributed by atoms with Crippen molar-refractivity contribution < 1.29 is 22.5 Å². The van der Waals surface area contributed by atoms with Gasteiger partial charge < -0.3 is 15.0 Å². The summed E-state index contributed by atoms with van der Waals surface area (Å²) in [5.41, 5.74) is 4.46. The molecule has 0 aliphatic heterocycles. The number of hydrogen-bond donors (Lipinski definition) is 1. The third-order valence-corrected chi connectivity index (χ3v) is 3.59. The first kappa shape index (κ1) is 17.8. The highest BCUT2D eigenvalue weighted by molar-refractivity contribution is 6.61. The highest BCUT2D eigenvalue weighted by atomic mass is 19.4. The molecule has 2 N–H and O–H groups in total. The zero-order valence-corrected chi connectivity index (χ0v) is 12.9. The molecule has 118 valence electrons. The standard InChI is InChI=1S/C14H21BF3NO2/c1-9(2)13(3,4)21-15(20-5)11-6-10(14(16,17)18)7-12(19)8-11/h6-9H,19H2,1-5H3. The Kier molecular flexibility index (Phi) is 5.33. The van der Waals surface area contributed by atoms with Gasteiger partial charge in [-0.1, -0.05) is 19.9 Å². The highest BCUT2D eigenvalue weighted by Gasteiger charge is 2.35. The predicted octanol–water partition coefficient (Wildman–Crippen LogP) is 3.08. The summed E-state index contributed by atoms with van der Waals surface area (Å²) in [5.74, 6) is 0.165. The normalized spacial score (nSPS) is 12.8. The quantitative estimate of drug-likeness (QED) is 0.671. The van der Waals surface area contributed by atoms with Gasteiger partial charge in [-0.25, -0.2) is 0 Å². The lowest BCUT2D eigenvalue weighted by molar-refractivity contribution is -0.137. The molecule has 7 heteroatoms. The molecule has 21 heavy (non-hydrogen) atoms. The predicted molar refractivity (Wildman–Crippen MR) is 78.3 cm³/mol. The van der Waals surface area contributed by atoms with Gasteiger partial charge >= 0.3 is 13.3 Å². The Labute approximate surface area is 123 Å². The molecule has 0 saturated heterocycles. The molecule has 1 aromatic rings. The number of benzene rings is 1. The fourth-order valence-electron chi connectivity index (χ4n) is 1.64. The number of halogens is 3. The molecule has 0 bridgehead atoms. The van der Waals surface area contributed by atoms with Gasteiger partial charge in [0.2, 0.25) is 0 Å². The second-order valence-electron chi connectivity index (χ2n) is 5.83. The molecular weight excluding hydrogens is 282 g/mol. The fourth-order valence-corrected chi connectivity index (χ4v) is 1.64. The Hall–Kier alpha value is -1.21. The summed E-state index contributed by atoms with van der Waals surface area (Å²) in [6.45, 7) is 7.65. The summed E-state index contributed by atoms with van der Waals surface area (Å²) >= 11 is 0. The van der Waals surface area contributed by atoms with Crippen LogP contribution in [0.3, 0.4) is 0 Å². The Morgan fingerprint density at radius 3 is 2.14 bits per heavy atom. The largest absolute Gasteiger partial charge is 0.494 e. The molecule has 0 atom stereocenters. The maximum atomic E-state index is 12.8. The second kappa shape index (κ2) is 6.28. The van der Waals surface area contributed by atoms with Crippen LogP contribution in [0.4, 0.5) is 18.9 Å². The minimum Gasteiger partial charge on any atom is -0.410 e. The van der Waals surface area contributed by atoms with Crippen molar-refractivity contribution in [2.45, 2.75) is 39.5 Å². The van der Waals surface area contributed by atoms with Crippen molar-refractivity contribution in [3.8, 4) is 0 Å². The molecule has 0 heterocycles. The Bertz CT molecular complexity index is 490. The van der Waals surface area contributed by atoms with E-state index in [9.17, 15) is 13.2 Å². The van der Waals surface area contributed by atoms with Crippen LogP contribution >= 0.6 is 0 Å². The SMILES string of the molecule is COB(OC(C)(C)C(C)C)c1cc(N)cc(C(F)(F)F)c1. The van der Waals surface area contributed by atoms with Gasteiger partial charge in [0.15, 0.2) is 0 Å². The smallest absolute Gasteiger partial charge is 0.410 e. The zero-order chi connectivity index (χ0) is 16.4. The molecular formula is C14H21BF3NO2. The fraction of sp³-hybridized carbons (Fsp3) is 0.571. The van der Waals surface area contributed by atoms with Crippen LogP contribution in [0.1, 0.15) is 33.3 Å². The third kappa shape index (κ3) is 4.64.